The predicted octanol–water partition coefficient (Wildman–Crippen LogP) is 6.59. The SMILES string of the molecule is CCC1(OC(=O)CNC(=O)OC(C)(C)C)C(=O)OC([Si](C)(C)CCCC#N)c2c1cc1n(c2=O)Cc2cc3cc(NC(=O)OC(C)(C)C)ccc3nc2-1. The van der Waals surface area contributed by atoms with Crippen molar-refractivity contribution in [3.63, 3.8) is 0 Å². The summed E-state index contributed by atoms with van der Waals surface area (Å²) in [6, 6.07) is 11.6. The molecule has 2 aliphatic rings. The third-order valence-corrected chi connectivity index (χ3v) is 12.5. The number of unbranched alkanes of at least 4 members (excludes halogenated alkanes) is 1. The number of aromatic nitrogens is 2. The lowest BCUT2D eigenvalue weighted by Crippen LogP contribution is -2.54. The Morgan fingerprint density at radius 3 is 2.38 bits per heavy atom. The number of rotatable bonds is 9. The number of esters is 2. The number of carbonyl (C=O) groups is 4. The second-order valence-corrected chi connectivity index (χ2v) is 21.1. The number of amides is 2. The third-order valence-electron chi connectivity index (χ3n) is 9.08. The van der Waals surface area contributed by atoms with Crippen molar-refractivity contribution in [2.75, 3.05) is 11.9 Å². The lowest BCUT2D eigenvalue weighted by atomic mass is 9.85. The summed E-state index contributed by atoms with van der Waals surface area (Å²) in [5, 5.41) is 15.0. The summed E-state index contributed by atoms with van der Waals surface area (Å²) in [6.07, 6.45) is -0.605. The Labute approximate surface area is 309 Å². The van der Waals surface area contributed by atoms with Crippen LogP contribution < -0.4 is 16.2 Å². The molecular weight excluding hydrogens is 699 g/mol. The molecule has 14 nitrogen and oxygen atoms in total. The number of cyclic esters (lactones) is 1. The van der Waals surface area contributed by atoms with Crippen molar-refractivity contribution >= 4 is 48.8 Å². The number of ether oxygens (including phenoxy) is 4. The summed E-state index contributed by atoms with van der Waals surface area (Å²) in [7, 11) is -2.60. The number of carbonyl (C=O) groups excluding carboxylic acids is 4. The number of fused-ring (bicyclic) bond motifs is 5. The average molecular weight is 746 g/mol. The van der Waals surface area contributed by atoms with Crippen LogP contribution in [0.1, 0.15) is 90.1 Å². The summed E-state index contributed by atoms with van der Waals surface area (Å²) in [4.78, 5) is 71.9. The maximum atomic E-state index is 14.7. The van der Waals surface area contributed by atoms with Gasteiger partial charge in [-0.2, -0.15) is 5.26 Å². The van der Waals surface area contributed by atoms with Gasteiger partial charge in [0.05, 0.1) is 35.1 Å². The lowest BCUT2D eigenvalue weighted by molar-refractivity contribution is -0.190. The Hall–Kier alpha value is -5.23. The highest BCUT2D eigenvalue weighted by Crippen LogP contribution is 2.47. The molecule has 2 aliphatic heterocycles. The maximum absolute atomic E-state index is 14.7. The molecule has 1 aromatic carbocycles. The molecule has 0 spiro atoms. The van der Waals surface area contributed by atoms with Gasteiger partial charge in [0.15, 0.2) is 0 Å². The molecule has 0 aliphatic carbocycles. The highest BCUT2D eigenvalue weighted by molar-refractivity contribution is 6.78. The molecule has 2 unspecified atom stereocenters. The Morgan fingerprint density at radius 1 is 1.06 bits per heavy atom. The molecule has 0 bridgehead atoms. The number of hydrogen-bond donors (Lipinski definition) is 2. The molecule has 15 heteroatoms. The molecule has 53 heavy (non-hydrogen) atoms. The zero-order valence-corrected chi connectivity index (χ0v) is 32.7. The minimum absolute atomic E-state index is 0.0610. The van der Waals surface area contributed by atoms with Gasteiger partial charge >= 0.3 is 24.1 Å². The molecule has 2 N–H and O–H groups in total. The van der Waals surface area contributed by atoms with E-state index in [2.05, 4.69) is 16.7 Å². The van der Waals surface area contributed by atoms with E-state index >= 15 is 0 Å². The van der Waals surface area contributed by atoms with Crippen LogP contribution in [0.2, 0.25) is 19.1 Å². The summed E-state index contributed by atoms with van der Waals surface area (Å²) >= 11 is 0. The number of nitrogens with zero attached hydrogens (tertiary/aromatic N) is 3. The van der Waals surface area contributed by atoms with Crippen molar-refractivity contribution in [1.82, 2.24) is 14.9 Å². The zero-order chi connectivity index (χ0) is 39.1. The normalized spacial score (nSPS) is 17.8. The van der Waals surface area contributed by atoms with E-state index in [-0.39, 0.29) is 24.1 Å². The van der Waals surface area contributed by atoms with Gasteiger partial charge in [0.25, 0.3) is 5.56 Å². The van der Waals surface area contributed by atoms with Crippen molar-refractivity contribution in [2.45, 2.75) is 116 Å². The van der Waals surface area contributed by atoms with Gasteiger partial charge in [-0.3, -0.25) is 14.9 Å². The molecular formula is C38H47N5O9Si. The standard InChI is InChI=1S/C38H47N5O9Si/c1-10-38(50-28(44)20-40-34(47)51-36(2,3)4)25-19-27-30-23(17-22-18-24(13-14-26(22)42-30)41-35(48)52-37(5,6)7)21-43(27)31(45)29(25)32(49-33(38)46)53(8,9)16-12-11-15-39/h13-14,17-19,32H,10-12,16,20-21H2,1-9H3,(H,40,47)(H,41,48). The van der Waals surface area contributed by atoms with Crippen LogP contribution in [-0.2, 0) is 40.7 Å². The minimum Gasteiger partial charge on any atom is -0.458 e. The number of pyridine rings is 2. The molecule has 2 aromatic heterocycles. The van der Waals surface area contributed by atoms with Gasteiger partial charge in [0, 0.05) is 28.6 Å². The van der Waals surface area contributed by atoms with E-state index in [9.17, 15) is 29.2 Å². The van der Waals surface area contributed by atoms with Crippen molar-refractivity contribution < 1.29 is 38.1 Å². The van der Waals surface area contributed by atoms with Gasteiger partial charge in [-0.1, -0.05) is 26.1 Å². The van der Waals surface area contributed by atoms with Crippen molar-refractivity contribution in [3.05, 3.63) is 57.4 Å². The fourth-order valence-electron chi connectivity index (χ4n) is 6.70. The molecule has 4 heterocycles. The van der Waals surface area contributed by atoms with Crippen LogP contribution in [0.25, 0.3) is 22.3 Å². The second-order valence-electron chi connectivity index (χ2n) is 16.1. The topological polar surface area (TPSA) is 188 Å². The molecule has 3 aromatic rings. The Bertz CT molecular complexity index is 2090. The first-order chi connectivity index (χ1) is 24.7. The van der Waals surface area contributed by atoms with Crippen molar-refractivity contribution in [1.29, 1.82) is 5.26 Å². The second kappa shape index (κ2) is 14.3. The Balaban J connectivity index is 1.59. The van der Waals surface area contributed by atoms with Gasteiger partial charge in [-0.15, -0.1) is 0 Å². The van der Waals surface area contributed by atoms with E-state index in [0.717, 1.165) is 10.9 Å². The van der Waals surface area contributed by atoms with Crippen molar-refractivity contribution in [2.24, 2.45) is 0 Å². The molecule has 282 valence electrons. The molecule has 0 radical (unpaired) electrons. The number of hydrogen-bond acceptors (Lipinski definition) is 11. The first-order valence-corrected chi connectivity index (χ1v) is 21.0. The first kappa shape index (κ1) is 39.0. The number of nitrogens with one attached hydrogen (secondary N) is 2. The van der Waals surface area contributed by atoms with E-state index in [1.54, 1.807) is 77.3 Å². The Kier molecular flexibility index (Phi) is 10.5. The average Bonchev–Trinajstić information content (AvgIpc) is 3.40. The predicted molar refractivity (Wildman–Crippen MR) is 199 cm³/mol. The molecule has 0 saturated heterocycles. The van der Waals surface area contributed by atoms with E-state index in [1.807, 2.05) is 19.2 Å². The van der Waals surface area contributed by atoms with E-state index in [4.69, 9.17) is 23.9 Å². The number of nitriles is 1. The minimum atomic E-state index is -2.60. The van der Waals surface area contributed by atoms with Gasteiger partial charge in [-0.25, -0.2) is 19.4 Å². The number of anilines is 1. The van der Waals surface area contributed by atoms with Crippen LogP contribution >= 0.6 is 0 Å². The summed E-state index contributed by atoms with van der Waals surface area (Å²) in [6.45, 7) is 15.6. The zero-order valence-electron chi connectivity index (χ0n) is 31.7. The monoisotopic (exact) mass is 745 g/mol. The maximum Gasteiger partial charge on any atom is 0.412 e. The van der Waals surface area contributed by atoms with Gasteiger partial charge in [0.2, 0.25) is 5.60 Å². The van der Waals surface area contributed by atoms with E-state index in [1.165, 1.54) is 0 Å². The highest BCUT2D eigenvalue weighted by Gasteiger charge is 2.56. The van der Waals surface area contributed by atoms with Crippen LogP contribution in [0.3, 0.4) is 0 Å². The molecule has 0 fully saturated rings. The van der Waals surface area contributed by atoms with Crippen LogP contribution in [-0.4, -0.2) is 59.5 Å². The van der Waals surface area contributed by atoms with E-state index < -0.39 is 66.8 Å². The highest BCUT2D eigenvalue weighted by atomic mass is 28.3. The van der Waals surface area contributed by atoms with Crippen LogP contribution in [0.15, 0.2) is 35.1 Å². The van der Waals surface area contributed by atoms with Crippen LogP contribution in [0.4, 0.5) is 15.3 Å². The quantitative estimate of drug-likeness (QED) is 0.0814. The largest absolute Gasteiger partial charge is 0.458 e. The molecule has 2 amide bonds. The summed E-state index contributed by atoms with van der Waals surface area (Å²) < 4.78 is 24.3. The first-order valence-electron chi connectivity index (χ1n) is 17.7. The van der Waals surface area contributed by atoms with E-state index in [0.29, 0.717) is 41.5 Å². The van der Waals surface area contributed by atoms with Crippen LogP contribution in [0.5, 0.6) is 0 Å². The molecule has 0 saturated carbocycles. The number of benzene rings is 1. The summed E-state index contributed by atoms with van der Waals surface area (Å²) in [5.74, 6) is -1.74. The van der Waals surface area contributed by atoms with Crippen molar-refractivity contribution in [3.8, 4) is 17.5 Å². The molecule has 2 atom stereocenters. The van der Waals surface area contributed by atoms with Gasteiger partial charge < -0.3 is 28.8 Å². The summed E-state index contributed by atoms with van der Waals surface area (Å²) in [5.41, 5.74) is -1.49. The Morgan fingerprint density at radius 2 is 1.74 bits per heavy atom. The van der Waals surface area contributed by atoms with Gasteiger partial charge in [-0.05, 0) is 84.7 Å². The number of alkyl carbamates (subject to hydrolysis) is 1. The molecule has 5 rings (SSSR count). The third kappa shape index (κ3) is 8.22. The van der Waals surface area contributed by atoms with Crippen LogP contribution in [0, 0.1) is 11.3 Å². The lowest BCUT2D eigenvalue weighted by Gasteiger charge is -2.43. The fourth-order valence-corrected chi connectivity index (χ4v) is 9.54. The fraction of sp³-hybridized carbons (Fsp3) is 0.500. The smallest absolute Gasteiger partial charge is 0.412 e. The van der Waals surface area contributed by atoms with Gasteiger partial charge in [0.1, 0.15) is 31.5 Å².